The highest BCUT2D eigenvalue weighted by Crippen LogP contribution is 2.27. The van der Waals surface area contributed by atoms with Crippen molar-refractivity contribution < 1.29 is 0 Å². The van der Waals surface area contributed by atoms with Gasteiger partial charge in [-0.1, -0.05) is 42.5 Å². The molecule has 0 atom stereocenters. The van der Waals surface area contributed by atoms with E-state index in [-0.39, 0.29) is 0 Å². The van der Waals surface area contributed by atoms with E-state index in [1.165, 1.54) is 0 Å². The van der Waals surface area contributed by atoms with Gasteiger partial charge in [-0.2, -0.15) is 0 Å². The summed E-state index contributed by atoms with van der Waals surface area (Å²) in [5, 5.41) is 3.10. The first kappa shape index (κ1) is 12.6. The van der Waals surface area contributed by atoms with Crippen LogP contribution in [-0.4, -0.2) is 18.1 Å². The maximum Gasteiger partial charge on any atom is 0.186 e. The van der Waals surface area contributed by atoms with Crippen LogP contribution < -0.4 is 4.90 Å². The predicted octanol–water partition coefficient (Wildman–Crippen LogP) is 3.99. The fraction of sp³-hybridized carbons (Fsp3) is 0.133. The molecule has 0 aliphatic carbocycles. The fourth-order valence-electron chi connectivity index (χ4n) is 1.69. The Kier molecular flexibility index (Phi) is 4.31. The number of thiazole rings is 1. The maximum atomic E-state index is 4.67. The second-order valence-corrected chi connectivity index (χ2v) is 4.70. The minimum absolute atomic E-state index is 0.785. The second kappa shape index (κ2) is 6.17. The Morgan fingerprint density at radius 2 is 1.78 bits per heavy atom. The number of hydrogen-bond donors (Lipinski definition) is 0. The van der Waals surface area contributed by atoms with E-state index in [2.05, 4.69) is 40.6 Å². The molecule has 0 saturated carbocycles. The molecule has 0 aliphatic heterocycles. The molecule has 92 valence electrons. The molecule has 1 aromatic carbocycles. The zero-order valence-corrected chi connectivity index (χ0v) is 11.1. The maximum absolute atomic E-state index is 4.67. The topological polar surface area (TPSA) is 16.1 Å². The van der Waals surface area contributed by atoms with E-state index >= 15 is 0 Å². The van der Waals surface area contributed by atoms with E-state index in [4.69, 9.17) is 0 Å². The highest BCUT2D eigenvalue weighted by molar-refractivity contribution is 7.14. The molecule has 0 aliphatic rings. The van der Waals surface area contributed by atoms with Gasteiger partial charge >= 0.3 is 0 Å². The lowest BCUT2D eigenvalue weighted by atomic mass is 10.2. The molecule has 0 bridgehead atoms. The van der Waals surface area contributed by atoms with Crippen LogP contribution in [0.4, 0.5) is 5.13 Å². The smallest absolute Gasteiger partial charge is 0.186 e. The van der Waals surface area contributed by atoms with Crippen molar-refractivity contribution >= 4 is 16.5 Å². The van der Waals surface area contributed by atoms with Gasteiger partial charge in [0.25, 0.3) is 0 Å². The summed E-state index contributed by atoms with van der Waals surface area (Å²) in [5.74, 6) is 0. The molecule has 0 radical (unpaired) electrons. The minimum atomic E-state index is 0.785. The third kappa shape index (κ3) is 2.87. The zero-order chi connectivity index (χ0) is 12.8. The molecule has 2 nitrogen and oxygen atoms in total. The van der Waals surface area contributed by atoms with Crippen molar-refractivity contribution in [2.45, 2.75) is 0 Å². The molecule has 0 unspecified atom stereocenters. The average molecular weight is 256 g/mol. The van der Waals surface area contributed by atoms with Gasteiger partial charge in [0.15, 0.2) is 5.13 Å². The summed E-state index contributed by atoms with van der Waals surface area (Å²) in [6.07, 6.45) is 3.76. The summed E-state index contributed by atoms with van der Waals surface area (Å²) in [6, 6.07) is 10.2. The van der Waals surface area contributed by atoms with Crippen LogP contribution in [0.25, 0.3) is 11.3 Å². The lowest BCUT2D eigenvalue weighted by Crippen LogP contribution is -2.22. The lowest BCUT2D eigenvalue weighted by Gasteiger charge is -2.17. The standard InChI is InChI=1S/C15H16N2S/c1-3-10-17(11-4-2)15-16-14(12-18-15)13-8-6-5-7-9-13/h3-9,12H,1-2,10-11H2. The van der Waals surface area contributed by atoms with Crippen LogP contribution in [0.5, 0.6) is 0 Å². The van der Waals surface area contributed by atoms with Crippen molar-refractivity contribution in [3.05, 3.63) is 61.0 Å². The monoisotopic (exact) mass is 256 g/mol. The Bertz CT molecular complexity index is 506. The van der Waals surface area contributed by atoms with Gasteiger partial charge in [0.2, 0.25) is 0 Å². The van der Waals surface area contributed by atoms with Crippen LogP contribution in [0.3, 0.4) is 0 Å². The highest BCUT2D eigenvalue weighted by Gasteiger charge is 2.09. The Labute approximate surface area is 112 Å². The van der Waals surface area contributed by atoms with Crippen molar-refractivity contribution in [1.29, 1.82) is 0 Å². The molecule has 2 aromatic rings. The van der Waals surface area contributed by atoms with Crippen molar-refractivity contribution in [2.75, 3.05) is 18.0 Å². The number of rotatable bonds is 6. The number of benzene rings is 1. The molecular weight excluding hydrogens is 240 g/mol. The van der Waals surface area contributed by atoms with Crippen molar-refractivity contribution in [3.8, 4) is 11.3 Å². The fourth-order valence-corrected chi connectivity index (χ4v) is 2.55. The number of nitrogens with zero attached hydrogens (tertiary/aromatic N) is 2. The Morgan fingerprint density at radius 1 is 1.11 bits per heavy atom. The molecule has 2 rings (SSSR count). The summed E-state index contributed by atoms with van der Waals surface area (Å²) in [7, 11) is 0. The first-order valence-electron chi connectivity index (χ1n) is 5.83. The number of anilines is 1. The third-order valence-electron chi connectivity index (χ3n) is 2.53. The molecule has 0 saturated heterocycles. The van der Waals surface area contributed by atoms with E-state index in [1.807, 2.05) is 30.4 Å². The van der Waals surface area contributed by atoms with Crippen molar-refractivity contribution in [2.24, 2.45) is 0 Å². The summed E-state index contributed by atoms with van der Waals surface area (Å²) < 4.78 is 0. The van der Waals surface area contributed by atoms with Crippen LogP contribution >= 0.6 is 11.3 Å². The van der Waals surface area contributed by atoms with Crippen LogP contribution in [0.15, 0.2) is 61.0 Å². The third-order valence-corrected chi connectivity index (χ3v) is 3.43. The first-order valence-corrected chi connectivity index (χ1v) is 6.71. The molecule has 0 fully saturated rings. The Hall–Kier alpha value is -1.87. The zero-order valence-electron chi connectivity index (χ0n) is 10.2. The van der Waals surface area contributed by atoms with Gasteiger partial charge in [0.05, 0.1) is 5.69 Å². The number of hydrogen-bond acceptors (Lipinski definition) is 3. The molecule has 1 aromatic heterocycles. The quantitative estimate of drug-likeness (QED) is 0.726. The molecule has 0 spiro atoms. The molecule has 0 N–H and O–H groups in total. The van der Waals surface area contributed by atoms with E-state index in [9.17, 15) is 0 Å². The average Bonchev–Trinajstić information content (AvgIpc) is 2.89. The van der Waals surface area contributed by atoms with E-state index in [0.717, 1.165) is 29.5 Å². The summed E-state index contributed by atoms with van der Waals surface area (Å²) in [5.41, 5.74) is 2.17. The largest absolute Gasteiger partial charge is 0.341 e. The van der Waals surface area contributed by atoms with Gasteiger partial charge in [-0.05, 0) is 0 Å². The second-order valence-electron chi connectivity index (χ2n) is 3.86. The van der Waals surface area contributed by atoms with Gasteiger partial charge in [-0.15, -0.1) is 24.5 Å². The molecule has 0 amide bonds. The normalized spacial score (nSPS) is 10.0. The van der Waals surface area contributed by atoms with Crippen LogP contribution in [0.2, 0.25) is 0 Å². The van der Waals surface area contributed by atoms with Gasteiger partial charge in [0, 0.05) is 24.0 Å². The van der Waals surface area contributed by atoms with E-state index < -0.39 is 0 Å². The van der Waals surface area contributed by atoms with Crippen LogP contribution in [0, 0.1) is 0 Å². The van der Waals surface area contributed by atoms with Gasteiger partial charge in [-0.25, -0.2) is 4.98 Å². The minimum Gasteiger partial charge on any atom is -0.341 e. The first-order chi connectivity index (χ1) is 8.85. The summed E-state index contributed by atoms with van der Waals surface area (Å²) >= 11 is 1.65. The molecule has 1 heterocycles. The van der Waals surface area contributed by atoms with Crippen molar-refractivity contribution in [3.63, 3.8) is 0 Å². The molecule has 18 heavy (non-hydrogen) atoms. The van der Waals surface area contributed by atoms with E-state index in [0.29, 0.717) is 0 Å². The van der Waals surface area contributed by atoms with Gasteiger partial charge in [-0.3, -0.25) is 0 Å². The van der Waals surface area contributed by atoms with Crippen LogP contribution in [-0.2, 0) is 0 Å². The lowest BCUT2D eigenvalue weighted by molar-refractivity contribution is 0.947. The highest BCUT2D eigenvalue weighted by atomic mass is 32.1. The van der Waals surface area contributed by atoms with Crippen molar-refractivity contribution in [1.82, 2.24) is 4.98 Å². The number of aromatic nitrogens is 1. The molecule has 3 heteroatoms. The summed E-state index contributed by atoms with van der Waals surface area (Å²) in [6.45, 7) is 9.12. The van der Waals surface area contributed by atoms with Crippen LogP contribution in [0.1, 0.15) is 0 Å². The van der Waals surface area contributed by atoms with Gasteiger partial charge in [0.1, 0.15) is 0 Å². The Morgan fingerprint density at radius 3 is 2.39 bits per heavy atom. The molecular formula is C15H16N2S. The summed E-state index contributed by atoms with van der Waals surface area (Å²) in [4.78, 5) is 6.82. The van der Waals surface area contributed by atoms with E-state index in [1.54, 1.807) is 11.3 Å². The Balaban J connectivity index is 2.23. The SMILES string of the molecule is C=CCN(CC=C)c1nc(-c2ccccc2)cs1. The van der Waals surface area contributed by atoms with Gasteiger partial charge < -0.3 is 4.90 Å². The predicted molar refractivity (Wildman–Crippen MR) is 80.2 cm³/mol.